The van der Waals surface area contributed by atoms with Gasteiger partial charge in [-0.2, -0.15) is 5.10 Å². The van der Waals surface area contributed by atoms with Gasteiger partial charge in [-0.1, -0.05) is 50.2 Å². The smallest absolute Gasteiger partial charge is 0.269 e. The summed E-state index contributed by atoms with van der Waals surface area (Å²) < 4.78 is 0. The maximum Gasteiger partial charge on any atom is 0.269 e. The predicted octanol–water partition coefficient (Wildman–Crippen LogP) is 4.05. The molecule has 1 amide bonds. The Bertz CT molecular complexity index is 1010. The van der Waals surface area contributed by atoms with Crippen molar-refractivity contribution >= 4 is 17.4 Å². The molecule has 2 N–H and O–H groups in total. The molecule has 2 aromatic carbocycles. The van der Waals surface area contributed by atoms with Crippen LogP contribution in [0.25, 0.3) is 0 Å². The van der Waals surface area contributed by atoms with Crippen LogP contribution in [-0.4, -0.2) is 58.9 Å². The van der Waals surface area contributed by atoms with Crippen LogP contribution in [0.2, 0.25) is 0 Å². The van der Waals surface area contributed by atoms with Crippen LogP contribution in [0.3, 0.4) is 0 Å². The first kappa shape index (κ1) is 23.7. The summed E-state index contributed by atoms with van der Waals surface area (Å²) >= 11 is 0. The molecular formula is C28H38N6O. The van der Waals surface area contributed by atoms with Gasteiger partial charge in [-0.3, -0.25) is 25.6 Å². The van der Waals surface area contributed by atoms with Crippen LogP contribution in [0.4, 0.5) is 5.69 Å². The van der Waals surface area contributed by atoms with Crippen LogP contribution >= 0.6 is 0 Å². The van der Waals surface area contributed by atoms with Crippen molar-refractivity contribution in [1.29, 1.82) is 0 Å². The third-order valence-corrected chi connectivity index (χ3v) is 7.84. The quantitative estimate of drug-likeness (QED) is 0.565. The van der Waals surface area contributed by atoms with Gasteiger partial charge in [0.15, 0.2) is 0 Å². The fourth-order valence-electron chi connectivity index (χ4n) is 6.13. The second-order valence-corrected chi connectivity index (χ2v) is 10.4. The van der Waals surface area contributed by atoms with Gasteiger partial charge in [-0.05, 0) is 62.8 Å². The van der Waals surface area contributed by atoms with Crippen molar-refractivity contribution in [2.75, 3.05) is 18.1 Å². The Labute approximate surface area is 209 Å². The van der Waals surface area contributed by atoms with E-state index in [-0.39, 0.29) is 5.91 Å². The molecule has 7 nitrogen and oxygen atoms in total. The molecule has 7 heteroatoms. The molecule has 0 saturated carbocycles. The maximum absolute atomic E-state index is 12.9. The van der Waals surface area contributed by atoms with Gasteiger partial charge in [-0.15, -0.1) is 0 Å². The molecule has 3 aliphatic heterocycles. The van der Waals surface area contributed by atoms with Gasteiger partial charge in [0.1, 0.15) is 12.0 Å². The molecule has 5 rings (SSSR count). The van der Waals surface area contributed by atoms with Gasteiger partial charge < -0.3 is 4.90 Å². The van der Waals surface area contributed by atoms with E-state index >= 15 is 0 Å². The van der Waals surface area contributed by atoms with Gasteiger partial charge in [0.05, 0.1) is 12.2 Å². The second kappa shape index (κ2) is 10.3. The molecule has 0 spiro atoms. The predicted molar refractivity (Wildman–Crippen MR) is 141 cm³/mol. The number of nitrogens with zero attached hydrogens (tertiary/aromatic N) is 4. The molecule has 2 fully saturated rings. The SMILES string of the molecule is CC1=NNC(C(C)C)N1C1C[C@H]2CC[C@@H](C1)N2CCN(NC(=O)c1ccccc1)c1ccccc1. The van der Waals surface area contributed by atoms with Gasteiger partial charge in [0.25, 0.3) is 5.91 Å². The summed E-state index contributed by atoms with van der Waals surface area (Å²) in [6.45, 7) is 8.36. The first-order chi connectivity index (χ1) is 17.0. The van der Waals surface area contributed by atoms with Crippen molar-refractivity contribution in [3.8, 4) is 0 Å². The Hall–Kier alpha value is -3.06. The number of hydrogen-bond acceptors (Lipinski definition) is 6. The minimum atomic E-state index is -0.0767. The van der Waals surface area contributed by atoms with E-state index in [1.165, 1.54) is 25.7 Å². The van der Waals surface area contributed by atoms with Gasteiger partial charge in [0, 0.05) is 30.2 Å². The summed E-state index contributed by atoms with van der Waals surface area (Å²) in [5.41, 5.74) is 8.19. The number of fused-ring (bicyclic) bond motifs is 2. The fraction of sp³-hybridized carbons (Fsp3) is 0.500. The largest absolute Gasteiger partial charge is 0.334 e. The lowest BCUT2D eigenvalue weighted by Gasteiger charge is -2.45. The summed E-state index contributed by atoms with van der Waals surface area (Å²) in [7, 11) is 0. The van der Waals surface area contributed by atoms with Crippen molar-refractivity contribution in [1.82, 2.24) is 20.7 Å². The van der Waals surface area contributed by atoms with E-state index in [0.29, 0.717) is 35.8 Å². The van der Waals surface area contributed by atoms with Gasteiger partial charge in [-0.25, -0.2) is 0 Å². The first-order valence-corrected chi connectivity index (χ1v) is 13.0. The average Bonchev–Trinajstić information content (AvgIpc) is 3.38. The lowest BCUT2D eigenvalue weighted by atomic mass is 9.94. The number of carbonyl (C=O) groups excluding carboxylic acids is 1. The average molecular weight is 475 g/mol. The van der Waals surface area contributed by atoms with Crippen molar-refractivity contribution in [3.63, 3.8) is 0 Å². The standard InChI is InChI=1S/C28H38N6O/c1-20(2)27-30-29-21(3)34(27)26-18-24-14-15-25(19-26)32(24)16-17-33(23-12-8-5-9-13-23)31-28(35)22-10-6-4-7-11-22/h4-13,20,24-27,30H,14-19H2,1-3H3,(H,31,35)/t24-,25+,26?,27?. The number of amidine groups is 1. The lowest BCUT2D eigenvalue weighted by Crippen LogP contribution is -2.57. The van der Waals surface area contributed by atoms with E-state index in [1.54, 1.807) is 0 Å². The number of anilines is 1. The van der Waals surface area contributed by atoms with E-state index in [2.05, 4.69) is 58.7 Å². The van der Waals surface area contributed by atoms with Crippen LogP contribution in [0, 0.1) is 5.92 Å². The topological polar surface area (TPSA) is 63.2 Å². The molecule has 4 atom stereocenters. The number of benzene rings is 2. The molecule has 35 heavy (non-hydrogen) atoms. The fourth-order valence-corrected chi connectivity index (χ4v) is 6.13. The van der Waals surface area contributed by atoms with Crippen LogP contribution in [0.15, 0.2) is 65.8 Å². The molecule has 2 saturated heterocycles. The summed E-state index contributed by atoms with van der Waals surface area (Å²) in [4.78, 5) is 18.2. The number of nitrogens with one attached hydrogen (secondary N) is 2. The molecule has 0 aromatic heterocycles. The van der Waals surface area contributed by atoms with E-state index < -0.39 is 0 Å². The summed E-state index contributed by atoms with van der Waals surface area (Å²) in [5.74, 6) is 1.56. The summed E-state index contributed by atoms with van der Waals surface area (Å²) in [6, 6.07) is 21.3. The van der Waals surface area contributed by atoms with Crippen molar-refractivity contribution in [2.45, 2.75) is 70.7 Å². The van der Waals surface area contributed by atoms with Gasteiger partial charge >= 0.3 is 0 Å². The van der Waals surface area contributed by atoms with Crippen LogP contribution < -0.4 is 15.9 Å². The Balaban J connectivity index is 1.25. The highest BCUT2D eigenvalue weighted by Gasteiger charge is 2.45. The highest BCUT2D eigenvalue weighted by Crippen LogP contribution is 2.39. The highest BCUT2D eigenvalue weighted by atomic mass is 16.2. The van der Waals surface area contributed by atoms with E-state index in [1.807, 2.05) is 53.5 Å². The van der Waals surface area contributed by atoms with Crippen molar-refractivity contribution in [3.05, 3.63) is 66.2 Å². The van der Waals surface area contributed by atoms with Crippen LogP contribution in [0.5, 0.6) is 0 Å². The summed E-state index contributed by atoms with van der Waals surface area (Å²) in [6.07, 6.45) is 5.17. The number of piperidine rings is 1. The number of hydrazine groups is 1. The lowest BCUT2D eigenvalue weighted by molar-refractivity contribution is 0.0644. The molecule has 2 unspecified atom stereocenters. The van der Waals surface area contributed by atoms with E-state index in [0.717, 1.165) is 24.6 Å². The van der Waals surface area contributed by atoms with Crippen molar-refractivity contribution in [2.24, 2.45) is 11.0 Å². The molecule has 2 aromatic rings. The molecule has 3 aliphatic rings. The minimum Gasteiger partial charge on any atom is -0.334 e. The Morgan fingerprint density at radius 3 is 2.29 bits per heavy atom. The monoisotopic (exact) mass is 474 g/mol. The third kappa shape index (κ3) is 5.01. The number of hydrazone groups is 1. The number of carbonyl (C=O) groups is 1. The molecule has 2 bridgehead atoms. The minimum absolute atomic E-state index is 0.0767. The van der Waals surface area contributed by atoms with Crippen molar-refractivity contribution < 1.29 is 4.79 Å². The Morgan fingerprint density at radius 2 is 1.66 bits per heavy atom. The Morgan fingerprint density at radius 1 is 1.03 bits per heavy atom. The molecule has 3 heterocycles. The first-order valence-electron chi connectivity index (χ1n) is 13.0. The highest BCUT2D eigenvalue weighted by molar-refractivity contribution is 5.95. The normalized spacial score (nSPS) is 25.9. The Kier molecular flexibility index (Phi) is 6.95. The molecule has 0 radical (unpaired) electrons. The zero-order valence-electron chi connectivity index (χ0n) is 21.1. The molecular weight excluding hydrogens is 436 g/mol. The van der Waals surface area contributed by atoms with Crippen LogP contribution in [-0.2, 0) is 0 Å². The van der Waals surface area contributed by atoms with E-state index in [4.69, 9.17) is 0 Å². The zero-order valence-corrected chi connectivity index (χ0v) is 21.1. The second-order valence-electron chi connectivity index (χ2n) is 10.4. The molecule has 0 aliphatic carbocycles. The van der Waals surface area contributed by atoms with E-state index in [9.17, 15) is 4.79 Å². The molecule has 186 valence electrons. The summed E-state index contributed by atoms with van der Waals surface area (Å²) in [5, 5.41) is 6.57. The third-order valence-electron chi connectivity index (χ3n) is 7.84. The number of hydrogen-bond donors (Lipinski definition) is 2. The van der Waals surface area contributed by atoms with Gasteiger partial charge in [0.2, 0.25) is 0 Å². The maximum atomic E-state index is 12.9. The number of para-hydroxylation sites is 1. The van der Waals surface area contributed by atoms with Crippen LogP contribution in [0.1, 0.15) is 56.8 Å². The number of rotatable bonds is 8. The zero-order chi connectivity index (χ0) is 24.4. The number of amides is 1.